The van der Waals surface area contributed by atoms with Crippen molar-refractivity contribution < 1.29 is 60.4 Å². The predicted octanol–water partition coefficient (Wildman–Crippen LogP) is 7.38. The lowest BCUT2D eigenvalue weighted by Crippen LogP contribution is -2.58. The number of thiazole rings is 1. The standard InChI is InChI=1S/C50H57F5N8O8S2/c1-29-41(73-28-59-29)31-13-11-30(12-14-31)24-57-43(66)37-22-34(64)26-61(37)45(67)42(48(2,3)4)60-38(65)27-70-19-10-18-69-17-8-7-9-20-71-44-35(51)21-33(25-58-44)63-47(72)62(46(68)49(63,5)6)36-16-15-32(23-56)39(40(36)52)50(53,54)55/h11-16,21,25,28,34,37,42,64H,7-10,17-20,22,24,26-27H2,1-6H3,(H,57,66)(H,60,65)/t34-,37+,42-/m1/s1. The summed E-state index contributed by atoms with van der Waals surface area (Å²) < 4.78 is 88.5. The number of carbonyl (C=O) groups is 4. The van der Waals surface area contributed by atoms with E-state index in [9.17, 15) is 37.5 Å². The predicted molar refractivity (Wildman–Crippen MR) is 264 cm³/mol. The number of alkyl halides is 3. The number of ether oxygens (including phenoxy) is 3. The SMILES string of the molecule is Cc1ncsc1-c1ccc(CNC(=O)[C@@H]2C[C@@H](O)CN2C(=O)[C@@H](NC(=O)COCCCOCCCCCOc2ncc(N3C(=S)N(c4ccc(C#N)c(C(F)(F)F)c4F)C(=O)C3(C)C)cc2F)C(C)(C)C)cc1. The second kappa shape index (κ2) is 23.8. The topological polar surface area (TPSA) is 200 Å². The molecule has 3 N–H and O–H groups in total. The van der Waals surface area contributed by atoms with Crippen LogP contribution >= 0.6 is 23.6 Å². The summed E-state index contributed by atoms with van der Waals surface area (Å²) in [4.78, 5) is 66.3. The molecule has 0 unspecified atom stereocenters. The molecule has 0 spiro atoms. The first-order valence-electron chi connectivity index (χ1n) is 23.4. The first-order chi connectivity index (χ1) is 34.4. The Morgan fingerprint density at radius 2 is 1.68 bits per heavy atom. The molecule has 2 aromatic heterocycles. The van der Waals surface area contributed by atoms with Gasteiger partial charge in [-0.05, 0) is 87.3 Å². The zero-order valence-corrected chi connectivity index (χ0v) is 42.7. The molecule has 0 aliphatic carbocycles. The summed E-state index contributed by atoms with van der Waals surface area (Å²) in [5, 5.41) is 24.9. The lowest BCUT2D eigenvalue weighted by molar-refractivity contribution is -0.144. The minimum atomic E-state index is -5.25. The number of hydrogen-bond acceptors (Lipinski definition) is 13. The number of benzene rings is 2. The number of nitrogens with zero attached hydrogens (tertiary/aromatic N) is 6. The molecule has 2 fully saturated rings. The number of hydrogen-bond donors (Lipinski definition) is 3. The molecule has 0 bridgehead atoms. The average Bonchev–Trinajstić information content (AvgIpc) is 3.99. The molecular weight excluding hydrogens is 1000 g/mol. The number of aryl methyl sites for hydroxylation is 1. The van der Waals surface area contributed by atoms with Gasteiger partial charge in [0.1, 0.15) is 29.8 Å². The fraction of sp³-hybridized carbons (Fsp3) is 0.480. The normalized spacial score (nSPS) is 17.2. The second-order valence-electron chi connectivity index (χ2n) is 19.1. The van der Waals surface area contributed by atoms with E-state index in [1.165, 1.54) is 31.0 Å². The molecule has 2 aliphatic rings. The monoisotopic (exact) mass is 1060 g/mol. The largest absolute Gasteiger partial charge is 0.476 e. The molecule has 23 heteroatoms. The number of pyridine rings is 1. The smallest absolute Gasteiger partial charge is 0.420 e. The number of nitrogens with one attached hydrogen (secondary N) is 2. The van der Waals surface area contributed by atoms with Gasteiger partial charge in [0.05, 0.1) is 58.0 Å². The highest BCUT2D eigenvalue weighted by Gasteiger charge is 2.52. The van der Waals surface area contributed by atoms with Gasteiger partial charge >= 0.3 is 6.18 Å². The Balaban J connectivity index is 0.870. The minimum absolute atomic E-state index is 0.0395. The number of anilines is 2. The van der Waals surface area contributed by atoms with Crippen LogP contribution in [0.5, 0.6) is 5.88 Å². The summed E-state index contributed by atoms with van der Waals surface area (Å²) in [5.41, 5.74) is -1.40. The van der Waals surface area contributed by atoms with Crippen LogP contribution in [0.1, 0.15) is 89.1 Å². The highest BCUT2D eigenvalue weighted by Crippen LogP contribution is 2.42. The molecule has 16 nitrogen and oxygen atoms in total. The lowest BCUT2D eigenvalue weighted by atomic mass is 9.85. The number of β-amino-alcohol motifs (C(OH)–C–C–N with tert-alkyl or cyclic N) is 1. The summed E-state index contributed by atoms with van der Waals surface area (Å²) in [6.45, 7) is 11.0. The maximum absolute atomic E-state index is 15.4. The molecule has 4 aromatic rings. The number of carbonyl (C=O) groups excluding carboxylic acids is 4. The number of amides is 4. The van der Waals surface area contributed by atoms with Crippen LogP contribution in [0.2, 0.25) is 0 Å². The van der Waals surface area contributed by atoms with Crippen molar-refractivity contribution in [2.24, 2.45) is 5.41 Å². The van der Waals surface area contributed by atoms with E-state index >= 15 is 8.78 Å². The summed E-state index contributed by atoms with van der Waals surface area (Å²) >= 11 is 6.96. The van der Waals surface area contributed by atoms with Crippen LogP contribution in [-0.4, -0.2) is 112 Å². The molecular formula is C50H57F5N8O8S2. The number of aromatic nitrogens is 2. The van der Waals surface area contributed by atoms with E-state index in [2.05, 4.69) is 20.6 Å². The maximum Gasteiger partial charge on any atom is 0.420 e. The highest BCUT2D eigenvalue weighted by molar-refractivity contribution is 7.81. The van der Waals surface area contributed by atoms with E-state index in [1.807, 2.05) is 31.2 Å². The van der Waals surface area contributed by atoms with E-state index in [1.54, 1.807) is 37.6 Å². The van der Waals surface area contributed by atoms with E-state index in [0.717, 1.165) is 44.8 Å². The van der Waals surface area contributed by atoms with Crippen LogP contribution in [0.4, 0.5) is 33.3 Å². The number of aliphatic hydroxyl groups is 1. The van der Waals surface area contributed by atoms with Gasteiger partial charge in [0, 0.05) is 45.4 Å². The third kappa shape index (κ3) is 13.3. The lowest BCUT2D eigenvalue weighted by Gasteiger charge is -2.35. The number of rotatable bonds is 21. The Morgan fingerprint density at radius 1 is 1.00 bits per heavy atom. The van der Waals surface area contributed by atoms with Crippen molar-refractivity contribution >= 4 is 63.7 Å². The molecule has 2 saturated heterocycles. The number of thiocarbonyl (C=S) groups is 1. The fourth-order valence-electron chi connectivity index (χ4n) is 8.36. The van der Waals surface area contributed by atoms with Gasteiger partial charge in [-0.15, -0.1) is 11.3 Å². The van der Waals surface area contributed by atoms with Crippen molar-refractivity contribution in [1.29, 1.82) is 5.26 Å². The summed E-state index contributed by atoms with van der Waals surface area (Å²) in [5.74, 6) is -5.42. The Labute approximate surface area is 428 Å². The first-order valence-corrected chi connectivity index (χ1v) is 24.7. The highest BCUT2D eigenvalue weighted by atomic mass is 32.1. The molecule has 6 rings (SSSR count). The van der Waals surface area contributed by atoms with Gasteiger partial charge < -0.3 is 39.8 Å². The van der Waals surface area contributed by atoms with Gasteiger partial charge in [-0.2, -0.15) is 18.4 Å². The third-order valence-corrected chi connectivity index (χ3v) is 13.5. The number of halogens is 5. The van der Waals surface area contributed by atoms with Crippen molar-refractivity contribution in [2.45, 2.75) is 110 Å². The number of nitriles is 1. The minimum Gasteiger partial charge on any atom is -0.476 e. The van der Waals surface area contributed by atoms with Crippen LogP contribution in [0.15, 0.2) is 54.2 Å². The second-order valence-corrected chi connectivity index (χ2v) is 20.3. The van der Waals surface area contributed by atoms with E-state index in [-0.39, 0.29) is 50.9 Å². The maximum atomic E-state index is 15.4. The number of aliphatic hydroxyl groups excluding tert-OH is 1. The van der Waals surface area contributed by atoms with Crippen LogP contribution in [0.3, 0.4) is 0 Å². The van der Waals surface area contributed by atoms with E-state index < -0.39 is 92.5 Å². The zero-order chi connectivity index (χ0) is 53.4. The van der Waals surface area contributed by atoms with Crippen molar-refractivity contribution in [3.8, 4) is 22.4 Å². The van der Waals surface area contributed by atoms with Gasteiger partial charge in [0.2, 0.25) is 17.7 Å². The van der Waals surface area contributed by atoms with Crippen molar-refractivity contribution in [3.63, 3.8) is 0 Å². The van der Waals surface area contributed by atoms with Gasteiger partial charge in [0.15, 0.2) is 16.7 Å². The molecule has 4 amide bonds. The molecule has 392 valence electrons. The first kappa shape index (κ1) is 56.1. The van der Waals surface area contributed by atoms with Crippen molar-refractivity contribution in [1.82, 2.24) is 25.5 Å². The molecule has 2 aliphatic heterocycles. The van der Waals surface area contributed by atoms with Gasteiger partial charge in [-0.3, -0.25) is 24.1 Å². The number of likely N-dealkylation sites (tertiary alicyclic amines) is 1. The molecule has 3 atom stereocenters. The fourth-order valence-corrected chi connectivity index (χ4v) is 9.68. The molecule has 73 heavy (non-hydrogen) atoms. The Hall–Kier alpha value is -6.19. The summed E-state index contributed by atoms with van der Waals surface area (Å²) in [6.07, 6.45) is -2.62. The quantitative estimate of drug-likeness (QED) is 0.0425. The van der Waals surface area contributed by atoms with Crippen LogP contribution in [0, 0.1) is 35.3 Å². The average molecular weight is 1060 g/mol. The van der Waals surface area contributed by atoms with Crippen LogP contribution < -0.4 is 25.2 Å². The molecule has 4 heterocycles. The third-order valence-electron chi connectivity index (χ3n) is 12.2. The van der Waals surface area contributed by atoms with Gasteiger partial charge in [0.25, 0.3) is 11.8 Å². The Kier molecular flexibility index (Phi) is 18.3. The molecule has 0 saturated carbocycles. The van der Waals surface area contributed by atoms with Gasteiger partial charge in [-0.1, -0.05) is 45.0 Å². The van der Waals surface area contributed by atoms with E-state index in [0.29, 0.717) is 43.8 Å². The molecule has 0 radical (unpaired) electrons. The van der Waals surface area contributed by atoms with Crippen molar-refractivity contribution in [3.05, 3.63) is 88.2 Å². The summed E-state index contributed by atoms with van der Waals surface area (Å²) in [6, 6.07) is 9.72. The zero-order valence-electron chi connectivity index (χ0n) is 41.1. The Bertz CT molecular complexity index is 2710. The van der Waals surface area contributed by atoms with E-state index in [4.69, 9.17) is 31.7 Å². The van der Waals surface area contributed by atoms with Gasteiger partial charge in [-0.25, -0.2) is 18.7 Å². The Morgan fingerprint density at radius 3 is 2.33 bits per heavy atom. The molecule has 2 aromatic carbocycles. The van der Waals surface area contributed by atoms with Crippen LogP contribution in [0.25, 0.3) is 10.4 Å². The van der Waals surface area contributed by atoms with Crippen LogP contribution in [-0.2, 0) is 41.4 Å². The van der Waals surface area contributed by atoms with Crippen molar-refractivity contribution in [2.75, 3.05) is 49.4 Å². The summed E-state index contributed by atoms with van der Waals surface area (Å²) in [7, 11) is 0. The number of unbranched alkanes of at least 4 members (excludes halogenated alkanes) is 2.